The quantitative estimate of drug-likeness (QED) is 0.627. The molecule has 0 saturated carbocycles. The Bertz CT molecular complexity index is 1220. The standard InChI is InChI=1S/C21H18N2O2S2/c1-13-8-7-11-16-18(13)23(3)21(26-16)19-20(25)22(2)17(27-19)12-15(24)14-9-5-4-6-10-14/h4-12H,1-3H3/b17-12+,21-19-. The van der Waals surface area contributed by atoms with Gasteiger partial charge in [-0.25, -0.2) is 0 Å². The third kappa shape index (κ3) is 3.05. The molecule has 0 aliphatic carbocycles. The number of hydrogen-bond donors (Lipinski definition) is 0. The second kappa shape index (κ2) is 6.87. The van der Waals surface area contributed by atoms with Crippen LogP contribution in [0.5, 0.6) is 0 Å². The van der Waals surface area contributed by atoms with E-state index in [1.54, 1.807) is 41.6 Å². The zero-order valence-electron chi connectivity index (χ0n) is 15.2. The number of anilines is 1. The Kier molecular flexibility index (Phi) is 4.53. The molecular formula is C21H18N2O2S2. The van der Waals surface area contributed by atoms with Crippen LogP contribution in [0.15, 0.2) is 58.2 Å². The summed E-state index contributed by atoms with van der Waals surface area (Å²) < 4.78 is 2.86. The maximum absolute atomic E-state index is 12.9. The Morgan fingerprint density at radius 1 is 1.04 bits per heavy atom. The first kappa shape index (κ1) is 17.8. The molecule has 0 fully saturated rings. The van der Waals surface area contributed by atoms with Crippen molar-refractivity contribution in [1.29, 1.82) is 0 Å². The lowest BCUT2D eigenvalue weighted by molar-refractivity contribution is 0.106. The first-order chi connectivity index (χ1) is 13.0. The Labute approximate surface area is 165 Å². The van der Waals surface area contributed by atoms with Gasteiger partial charge in [0.25, 0.3) is 5.56 Å². The number of nitrogens with zero attached hydrogens (tertiary/aromatic N) is 2. The van der Waals surface area contributed by atoms with Crippen LogP contribution in [-0.2, 0) is 7.05 Å². The van der Waals surface area contributed by atoms with Crippen LogP contribution < -0.4 is 19.7 Å². The van der Waals surface area contributed by atoms with Crippen LogP contribution in [0.25, 0.3) is 11.1 Å². The fourth-order valence-corrected chi connectivity index (χ4v) is 5.60. The lowest BCUT2D eigenvalue weighted by Gasteiger charge is -2.14. The van der Waals surface area contributed by atoms with E-state index < -0.39 is 0 Å². The van der Waals surface area contributed by atoms with Gasteiger partial charge in [0.15, 0.2) is 5.78 Å². The highest BCUT2D eigenvalue weighted by molar-refractivity contribution is 8.08. The summed E-state index contributed by atoms with van der Waals surface area (Å²) in [6.07, 6.45) is 1.55. The van der Waals surface area contributed by atoms with E-state index in [1.165, 1.54) is 16.9 Å². The van der Waals surface area contributed by atoms with E-state index in [1.807, 2.05) is 31.3 Å². The molecule has 4 rings (SSSR count). The summed E-state index contributed by atoms with van der Waals surface area (Å²) in [6.45, 7) is 2.07. The Morgan fingerprint density at radius 2 is 1.78 bits per heavy atom. The minimum atomic E-state index is -0.101. The number of ketones is 1. The molecule has 27 heavy (non-hydrogen) atoms. The van der Waals surface area contributed by atoms with E-state index in [2.05, 4.69) is 24.0 Å². The van der Waals surface area contributed by atoms with Crippen LogP contribution in [0.1, 0.15) is 15.9 Å². The molecule has 4 nitrogen and oxygen atoms in total. The summed E-state index contributed by atoms with van der Waals surface area (Å²) in [6, 6.07) is 15.3. The van der Waals surface area contributed by atoms with Gasteiger partial charge in [0, 0.05) is 30.6 Å². The van der Waals surface area contributed by atoms with Crippen molar-refractivity contribution in [3.05, 3.63) is 79.2 Å². The van der Waals surface area contributed by atoms with Gasteiger partial charge in [-0.3, -0.25) is 9.59 Å². The SMILES string of the molecule is Cc1cccc2c1N(C)/C(=c1/s/c(=C/C(=O)c3ccccc3)n(C)c1=O)S2. The number of hydrogen-bond acceptors (Lipinski definition) is 5. The molecule has 2 aromatic carbocycles. The number of aromatic nitrogens is 1. The number of Topliss-reactive ketones (excluding diaryl/α,β-unsaturated/α-hetero) is 1. The van der Waals surface area contributed by atoms with Crippen LogP contribution in [-0.4, -0.2) is 17.4 Å². The molecular weight excluding hydrogens is 376 g/mol. The van der Waals surface area contributed by atoms with Gasteiger partial charge in [-0.15, -0.1) is 11.3 Å². The van der Waals surface area contributed by atoms with Gasteiger partial charge >= 0.3 is 0 Å². The van der Waals surface area contributed by atoms with Crippen molar-refractivity contribution in [2.24, 2.45) is 7.05 Å². The molecule has 1 aromatic heterocycles. The molecule has 1 aliphatic heterocycles. The highest BCUT2D eigenvalue weighted by Crippen LogP contribution is 2.46. The van der Waals surface area contributed by atoms with Gasteiger partial charge in [0.1, 0.15) is 14.2 Å². The van der Waals surface area contributed by atoms with Crippen molar-refractivity contribution in [1.82, 2.24) is 4.57 Å². The molecule has 0 radical (unpaired) electrons. The largest absolute Gasteiger partial charge is 0.337 e. The summed E-state index contributed by atoms with van der Waals surface area (Å²) in [5.41, 5.74) is 2.85. The Hall–Kier alpha value is -2.57. The summed E-state index contributed by atoms with van der Waals surface area (Å²) in [5, 5.41) is 0.914. The third-order valence-electron chi connectivity index (χ3n) is 4.59. The number of rotatable bonds is 2. The topological polar surface area (TPSA) is 42.3 Å². The van der Waals surface area contributed by atoms with Gasteiger partial charge in [-0.2, -0.15) is 0 Å². The smallest absolute Gasteiger partial charge is 0.271 e. The van der Waals surface area contributed by atoms with Crippen LogP contribution >= 0.6 is 23.1 Å². The number of carbonyl (C=O) groups is 1. The van der Waals surface area contributed by atoms with Crippen molar-refractivity contribution in [3.63, 3.8) is 0 Å². The second-order valence-electron chi connectivity index (χ2n) is 6.40. The van der Waals surface area contributed by atoms with E-state index in [0.717, 1.165) is 15.6 Å². The zero-order valence-corrected chi connectivity index (χ0v) is 16.9. The van der Waals surface area contributed by atoms with Crippen molar-refractivity contribution in [3.8, 4) is 0 Å². The molecule has 0 unspecified atom stereocenters. The van der Waals surface area contributed by atoms with Crippen LogP contribution in [0.4, 0.5) is 5.69 Å². The van der Waals surface area contributed by atoms with Crippen LogP contribution in [0.2, 0.25) is 0 Å². The monoisotopic (exact) mass is 394 g/mol. The number of thiazole rings is 1. The molecule has 0 atom stereocenters. The minimum Gasteiger partial charge on any atom is -0.337 e. The third-order valence-corrected chi connectivity index (χ3v) is 7.11. The summed E-state index contributed by atoms with van der Waals surface area (Å²) in [7, 11) is 3.70. The van der Waals surface area contributed by atoms with Crippen molar-refractivity contribution >= 4 is 45.7 Å². The Balaban J connectivity index is 1.86. The van der Waals surface area contributed by atoms with E-state index in [0.29, 0.717) is 14.8 Å². The highest BCUT2D eigenvalue weighted by atomic mass is 32.2. The zero-order chi connectivity index (χ0) is 19.1. The summed E-state index contributed by atoms with van der Waals surface area (Å²) >= 11 is 2.96. The predicted molar refractivity (Wildman–Crippen MR) is 113 cm³/mol. The maximum atomic E-state index is 12.9. The minimum absolute atomic E-state index is 0.0769. The number of benzene rings is 2. The number of thioether (sulfide) groups is 1. The fraction of sp³-hybridized carbons (Fsp3) is 0.143. The van der Waals surface area contributed by atoms with Gasteiger partial charge in [0.05, 0.1) is 5.69 Å². The number of para-hydroxylation sites is 1. The first-order valence-corrected chi connectivity index (χ1v) is 10.1. The number of fused-ring (bicyclic) bond motifs is 1. The number of aryl methyl sites for hydroxylation is 1. The molecule has 0 N–H and O–H groups in total. The van der Waals surface area contributed by atoms with Crippen LogP contribution in [0, 0.1) is 6.92 Å². The van der Waals surface area contributed by atoms with E-state index in [4.69, 9.17) is 0 Å². The second-order valence-corrected chi connectivity index (χ2v) is 8.46. The summed E-state index contributed by atoms with van der Waals surface area (Å²) in [5.74, 6) is -0.101. The van der Waals surface area contributed by atoms with Crippen molar-refractivity contribution < 1.29 is 4.79 Å². The average molecular weight is 395 g/mol. The van der Waals surface area contributed by atoms with Gasteiger partial charge in [-0.05, 0) is 18.6 Å². The molecule has 0 bridgehead atoms. The lowest BCUT2D eigenvalue weighted by atomic mass is 10.1. The molecule has 6 heteroatoms. The molecule has 0 saturated heterocycles. The lowest BCUT2D eigenvalue weighted by Crippen LogP contribution is -2.32. The number of carbonyl (C=O) groups excluding carboxylic acids is 1. The van der Waals surface area contributed by atoms with E-state index in [-0.39, 0.29) is 11.3 Å². The normalized spacial score (nSPS) is 16.0. The van der Waals surface area contributed by atoms with Crippen molar-refractivity contribution in [2.75, 3.05) is 11.9 Å². The first-order valence-electron chi connectivity index (χ1n) is 8.50. The molecule has 2 heterocycles. The predicted octanol–water partition coefficient (Wildman–Crippen LogP) is 2.73. The van der Waals surface area contributed by atoms with E-state index >= 15 is 0 Å². The molecule has 1 aliphatic rings. The maximum Gasteiger partial charge on any atom is 0.271 e. The highest BCUT2D eigenvalue weighted by Gasteiger charge is 2.25. The van der Waals surface area contributed by atoms with Gasteiger partial charge < -0.3 is 9.47 Å². The van der Waals surface area contributed by atoms with Gasteiger partial charge in [0.2, 0.25) is 0 Å². The van der Waals surface area contributed by atoms with E-state index in [9.17, 15) is 9.59 Å². The molecule has 0 amide bonds. The Morgan fingerprint density at radius 3 is 2.48 bits per heavy atom. The van der Waals surface area contributed by atoms with Crippen molar-refractivity contribution in [2.45, 2.75) is 11.8 Å². The fourth-order valence-electron chi connectivity index (χ4n) is 3.15. The van der Waals surface area contributed by atoms with Gasteiger partial charge in [-0.1, -0.05) is 54.2 Å². The molecule has 136 valence electrons. The molecule has 3 aromatic rings. The average Bonchev–Trinajstić information content (AvgIpc) is 3.15. The van der Waals surface area contributed by atoms with Crippen LogP contribution in [0.3, 0.4) is 0 Å². The molecule has 0 spiro atoms. The summed E-state index contributed by atoms with van der Waals surface area (Å²) in [4.78, 5) is 28.6.